The Balaban J connectivity index is 1.06. The Hall–Kier alpha value is -7.68. The SMILES string of the molecule is c1ccc(-c2cc(-c3ccccc3)cc(-c3ccc(N(c4cccc(-c5cccc6oc7c8ccccc8ccc7c56)c4)c4cccc5ccccc45)cc3)c2)cc1. The smallest absolute Gasteiger partial charge is 0.143 e. The molecule has 11 aromatic rings. The number of benzene rings is 10. The monoisotopic (exact) mass is 739 g/mol. The fourth-order valence-corrected chi connectivity index (χ4v) is 8.63. The van der Waals surface area contributed by atoms with E-state index in [4.69, 9.17) is 4.42 Å². The van der Waals surface area contributed by atoms with Gasteiger partial charge < -0.3 is 9.32 Å². The van der Waals surface area contributed by atoms with Gasteiger partial charge in [0.2, 0.25) is 0 Å². The van der Waals surface area contributed by atoms with Gasteiger partial charge in [-0.05, 0) is 116 Å². The summed E-state index contributed by atoms with van der Waals surface area (Å²) in [4.78, 5) is 2.40. The lowest BCUT2D eigenvalue weighted by Gasteiger charge is -2.27. The Labute approximate surface area is 337 Å². The van der Waals surface area contributed by atoms with Crippen LogP contribution < -0.4 is 4.90 Å². The predicted molar refractivity (Wildman–Crippen MR) is 245 cm³/mol. The number of hydrogen-bond donors (Lipinski definition) is 0. The number of nitrogens with zero attached hydrogens (tertiary/aromatic N) is 1. The molecule has 58 heavy (non-hydrogen) atoms. The minimum atomic E-state index is 0.891. The number of anilines is 3. The van der Waals surface area contributed by atoms with Crippen LogP contribution in [0.15, 0.2) is 229 Å². The molecule has 0 N–H and O–H groups in total. The van der Waals surface area contributed by atoms with Gasteiger partial charge in [-0.3, -0.25) is 0 Å². The molecule has 272 valence electrons. The summed E-state index contributed by atoms with van der Waals surface area (Å²) in [6.45, 7) is 0. The average Bonchev–Trinajstić information content (AvgIpc) is 3.70. The zero-order valence-corrected chi connectivity index (χ0v) is 31.7. The molecule has 0 unspecified atom stereocenters. The molecule has 1 heterocycles. The summed E-state index contributed by atoms with van der Waals surface area (Å²) in [6.07, 6.45) is 0. The van der Waals surface area contributed by atoms with Crippen molar-refractivity contribution in [1.29, 1.82) is 0 Å². The Morgan fingerprint density at radius 3 is 1.57 bits per heavy atom. The Kier molecular flexibility index (Phi) is 8.19. The zero-order valence-electron chi connectivity index (χ0n) is 31.7. The van der Waals surface area contributed by atoms with Crippen molar-refractivity contribution >= 4 is 60.5 Å². The van der Waals surface area contributed by atoms with Gasteiger partial charge in [0.25, 0.3) is 0 Å². The van der Waals surface area contributed by atoms with E-state index >= 15 is 0 Å². The van der Waals surface area contributed by atoms with Gasteiger partial charge in [0.1, 0.15) is 11.2 Å². The third-order valence-corrected chi connectivity index (χ3v) is 11.4. The molecule has 0 radical (unpaired) electrons. The summed E-state index contributed by atoms with van der Waals surface area (Å²) in [6, 6.07) is 80.7. The number of rotatable bonds is 7. The lowest BCUT2D eigenvalue weighted by molar-refractivity contribution is 0.673. The first kappa shape index (κ1) is 33.6. The summed E-state index contributed by atoms with van der Waals surface area (Å²) in [5.74, 6) is 0. The molecule has 0 fully saturated rings. The van der Waals surface area contributed by atoms with Crippen molar-refractivity contribution in [3.8, 4) is 44.5 Å². The van der Waals surface area contributed by atoms with Crippen LogP contribution in [0.2, 0.25) is 0 Å². The van der Waals surface area contributed by atoms with E-state index in [1.807, 2.05) is 0 Å². The van der Waals surface area contributed by atoms with E-state index in [0.29, 0.717) is 0 Å². The third-order valence-electron chi connectivity index (χ3n) is 11.4. The van der Waals surface area contributed by atoms with Crippen molar-refractivity contribution in [2.24, 2.45) is 0 Å². The first-order chi connectivity index (χ1) is 28.7. The summed E-state index contributed by atoms with van der Waals surface area (Å²) >= 11 is 0. The normalized spacial score (nSPS) is 11.4. The van der Waals surface area contributed by atoms with E-state index in [2.05, 4.69) is 229 Å². The molecule has 2 heteroatoms. The van der Waals surface area contributed by atoms with E-state index in [1.54, 1.807) is 0 Å². The van der Waals surface area contributed by atoms with Crippen LogP contribution >= 0.6 is 0 Å². The standard InChI is InChI=1S/C56H37NO/c1-3-14-38(15-4-1)44-34-45(39-16-5-2-6-17-39)36-46(35-44)40-28-31-47(32-29-40)57(53-26-12-20-41-18-7-9-23-49(41)53)48-22-11-21-43(37-48)50-25-13-27-54-55(50)52-33-30-42-19-8-10-24-51(42)56(52)58-54/h1-37H. The molecule has 0 aliphatic rings. The predicted octanol–water partition coefficient (Wildman–Crippen LogP) is 16.0. The fraction of sp³-hybridized carbons (Fsp3) is 0. The van der Waals surface area contributed by atoms with E-state index in [-0.39, 0.29) is 0 Å². The van der Waals surface area contributed by atoms with E-state index < -0.39 is 0 Å². The summed E-state index contributed by atoms with van der Waals surface area (Å²) in [5.41, 5.74) is 14.5. The molecular weight excluding hydrogens is 703 g/mol. The van der Waals surface area contributed by atoms with Crippen LogP contribution in [0.25, 0.3) is 88.0 Å². The largest absolute Gasteiger partial charge is 0.455 e. The summed E-state index contributed by atoms with van der Waals surface area (Å²) in [5, 5.41) is 6.96. The zero-order chi connectivity index (χ0) is 38.4. The highest BCUT2D eigenvalue weighted by atomic mass is 16.3. The molecule has 0 atom stereocenters. The minimum Gasteiger partial charge on any atom is -0.455 e. The van der Waals surface area contributed by atoms with E-state index in [1.165, 1.54) is 44.0 Å². The Morgan fingerprint density at radius 2 is 0.862 bits per heavy atom. The lowest BCUT2D eigenvalue weighted by Crippen LogP contribution is -2.10. The minimum absolute atomic E-state index is 0.891. The number of fused-ring (bicyclic) bond motifs is 6. The van der Waals surface area contributed by atoms with Gasteiger partial charge >= 0.3 is 0 Å². The average molecular weight is 740 g/mol. The van der Waals surface area contributed by atoms with Crippen molar-refractivity contribution in [3.63, 3.8) is 0 Å². The number of furan rings is 1. The maximum absolute atomic E-state index is 6.59. The Bertz CT molecular complexity index is 3210. The van der Waals surface area contributed by atoms with Crippen LogP contribution in [0, 0.1) is 0 Å². The summed E-state index contributed by atoms with van der Waals surface area (Å²) < 4.78 is 6.59. The van der Waals surface area contributed by atoms with Crippen molar-refractivity contribution < 1.29 is 4.42 Å². The van der Waals surface area contributed by atoms with Gasteiger partial charge in [0.15, 0.2) is 0 Å². The second-order valence-corrected chi connectivity index (χ2v) is 14.9. The molecule has 0 aliphatic carbocycles. The highest BCUT2D eigenvalue weighted by molar-refractivity contribution is 6.19. The van der Waals surface area contributed by atoms with Crippen LogP contribution in [0.5, 0.6) is 0 Å². The molecule has 0 amide bonds. The van der Waals surface area contributed by atoms with Crippen molar-refractivity contribution in [1.82, 2.24) is 0 Å². The molecule has 0 bridgehead atoms. The first-order valence-corrected chi connectivity index (χ1v) is 19.8. The Morgan fingerprint density at radius 1 is 0.310 bits per heavy atom. The van der Waals surface area contributed by atoms with Crippen LogP contribution in [-0.2, 0) is 0 Å². The molecule has 0 saturated heterocycles. The van der Waals surface area contributed by atoms with Crippen LogP contribution in [0.3, 0.4) is 0 Å². The van der Waals surface area contributed by atoms with Crippen molar-refractivity contribution in [2.75, 3.05) is 4.90 Å². The topological polar surface area (TPSA) is 16.4 Å². The molecular formula is C56H37NO. The first-order valence-electron chi connectivity index (χ1n) is 19.8. The van der Waals surface area contributed by atoms with Crippen LogP contribution in [-0.4, -0.2) is 0 Å². The maximum atomic E-state index is 6.59. The maximum Gasteiger partial charge on any atom is 0.143 e. The lowest BCUT2D eigenvalue weighted by atomic mass is 9.93. The molecule has 0 saturated carbocycles. The second-order valence-electron chi connectivity index (χ2n) is 14.9. The molecule has 11 rings (SSSR count). The second kappa shape index (κ2) is 14.1. The van der Waals surface area contributed by atoms with Gasteiger partial charge in [0.05, 0.1) is 5.69 Å². The van der Waals surface area contributed by atoms with E-state index in [0.717, 1.165) is 61.1 Å². The molecule has 10 aromatic carbocycles. The molecule has 0 aliphatic heterocycles. The van der Waals surface area contributed by atoms with Crippen molar-refractivity contribution in [2.45, 2.75) is 0 Å². The molecule has 0 spiro atoms. The van der Waals surface area contributed by atoms with Gasteiger partial charge in [-0.1, -0.05) is 164 Å². The third kappa shape index (κ3) is 5.91. The number of hydrogen-bond acceptors (Lipinski definition) is 2. The van der Waals surface area contributed by atoms with Crippen LogP contribution in [0.1, 0.15) is 0 Å². The molecule has 2 nitrogen and oxygen atoms in total. The quantitative estimate of drug-likeness (QED) is 0.162. The van der Waals surface area contributed by atoms with Gasteiger partial charge in [-0.15, -0.1) is 0 Å². The molecule has 1 aromatic heterocycles. The van der Waals surface area contributed by atoms with Crippen LogP contribution in [0.4, 0.5) is 17.1 Å². The van der Waals surface area contributed by atoms with Gasteiger partial charge in [-0.2, -0.15) is 0 Å². The van der Waals surface area contributed by atoms with Crippen molar-refractivity contribution in [3.05, 3.63) is 224 Å². The van der Waals surface area contributed by atoms with Gasteiger partial charge in [-0.25, -0.2) is 0 Å². The van der Waals surface area contributed by atoms with Gasteiger partial charge in [0, 0.05) is 32.9 Å². The highest BCUT2D eigenvalue weighted by Gasteiger charge is 2.19. The van der Waals surface area contributed by atoms with E-state index in [9.17, 15) is 0 Å². The highest BCUT2D eigenvalue weighted by Crippen LogP contribution is 2.44. The fourth-order valence-electron chi connectivity index (χ4n) is 8.63. The summed E-state index contributed by atoms with van der Waals surface area (Å²) in [7, 11) is 0.